The zero-order valence-corrected chi connectivity index (χ0v) is 32.7. The van der Waals surface area contributed by atoms with Crippen LogP contribution in [0.15, 0.2) is 229 Å². The van der Waals surface area contributed by atoms with Crippen LogP contribution >= 0.6 is 0 Å². The van der Waals surface area contributed by atoms with Gasteiger partial charge in [0.25, 0.3) is 0 Å². The van der Waals surface area contributed by atoms with Crippen LogP contribution in [-0.4, -0.2) is 0 Å². The molecule has 0 aliphatic heterocycles. The molecule has 1 heterocycles. The standard InChI is InChI=1S/C58H37NO/c1-2-16-42(17-3-1)59(43-29-26-38(27-30-43)54-34-39-14-4-6-18-45(39)47-20-8-10-22-49(47)54)44-31-33-51(56-35-40-15-5-7-19-46(40)48-21-9-11-23-50(48)56)55(37-44)41-28-32-53-52-24-12-13-25-57(52)60-58(53)36-41/h1-37H. The molecule has 0 saturated heterocycles. The number of nitrogens with zero attached hydrogens (tertiary/aromatic N) is 1. The summed E-state index contributed by atoms with van der Waals surface area (Å²) >= 11 is 0. The second kappa shape index (κ2) is 13.9. The summed E-state index contributed by atoms with van der Waals surface area (Å²) < 4.78 is 6.49. The smallest absolute Gasteiger partial charge is 0.136 e. The van der Waals surface area contributed by atoms with E-state index < -0.39 is 0 Å². The van der Waals surface area contributed by atoms with Gasteiger partial charge in [0.2, 0.25) is 0 Å². The van der Waals surface area contributed by atoms with E-state index >= 15 is 0 Å². The van der Waals surface area contributed by atoms with Gasteiger partial charge in [0.1, 0.15) is 11.2 Å². The van der Waals surface area contributed by atoms with Crippen LogP contribution in [0.5, 0.6) is 0 Å². The molecule has 0 aliphatic carbocycles. The molecule has 2 heteroatoms. The van der Waals surface area contributed by atoms with Crippen molar-refractivity contribution in [3.8, 4) is 33.4 Å². The first-order valence-corrected chi connectivity index (χ1v) is 20.6. The molecule has 0 atom stereocenters. The van der Waals surface area contributed by atoms with Gasteiger partial charge in [0.05, 0.1) is 0 Å². The molecular weight excluding hydrogens is 727 g/mol. The number of hydrogen-bond donors (Lipinski definition) is 0. The Bertz CT molecular complexity index is 3600. The van der Waals surface area contributed by atoms with Gasteiger partial charge in [0.15, 0.2) is 0 Å². The minimum atomic E-state index is 0.880. The van der Waals surface area contributed by atoms with Crippen LogP contribution in [0.3, 0.4) is 0 Å². The lowest BCUT2D eigenvalue weighted by atomic mass is 9.88. The van der Waals surface area contributed by atoms with Gasteiger partial charge in [-0.05, 0) is 143 Å². The molecule has 0 aliphatic rings. The number of benzene rings is 11. The van der Waals surface area contributed by atoms with Crippen molar-refractivity contribution in [1.29, 1.82) is 0 Å². The minimum absolute atomic E-state index is 0.880. The molecule has 0 saturated carbocycles. The minimum Gasteiger partial charge on any atom is -0.456 e. The molecule has 0 unspecified atom stereocenters. The summed E-state index contributed by atoms with van der Waals surface area (Å²) in [7, 11) is 0. The summed E-state index contributed by atoms with van der Waals surface area (Å²) in [4.78, 5) is 2.37. The van der Waals surface area contributed by atoms with Gasteiger partial charge in [-0.3, -0.25) is 0 Å². The highest BCUT2D eigenvalue weighted by Gasteiger charge is 2.20. The van der Waals surface area contributed by atoms with Gasteiger partial charge < -0.3 is 9.32 Å². The maximum atomic E-state index is 6.49. The van der Waals surface area contributed by atoms with E-state index in [4.69, 9.17) is 4.42 Å². The van der Waals surface area contributed by atoms with E-state index in [9.17, 15) is 0 Å². The molecule has 0 radical (unpaired) electrons. The normalized spacial score (nSPS) is 11.7. The molecular formula is C58H37NO. The van der Waals surface area contributed by atoms with E-state index in [0.717, 1.165) is 50.1 Å². The SMILES string of the molecule is c1ccc(N(c2ccc(-c3cc4ccccc4c4ccccc34)cc2)c2ccc(-c3cc4ccccc4c4ccccc34)c(-c3ccc4c(c3)oc3ccccc34)c2)cc1. The van der Waals surface area contributed by atoms with Crippen LogP contribution in [0, 0.1) is 0 Å². The Kier molecular flexibility index (Phi) is 7.89. The Morgan fingerprint density at radius 3 is 1.45 bits per heavy atom. The van der Waals surface area contributed by atoms with Crippen molar-refractivity contribution in [1.82, 2.24) is 0 Å². The molecule has 2 nitrogen and oxygen atoms in total. The first kappa shape index (κ1) is 34.1. The highest BCUT2D eigenvalue weighted by atomic mass is 16.3. The summed E-state index contributed by atoms with van der Waals surface area (Å²) in [5.74, 6) is 0. The van der Waals surface area contributed by atoms with Gasteiger partial charge in [-0.2, -0.15) is 0 Å². The molecule has 12 rings (SSSR count). The highest BCUT2D eigenvalue weighted by Crippen LogP contribution is 2.45. The van der Waals surface area contributed by atoms with Gasteiger partial charge in [-0.1, -0.05) is 158 Å². The van der Waals surface area contributed by atoms with Crippen molar-refractivity contribution < 1.29 is 4.42 Å². The number of rotatable bonds is 6. The van der Waals surface area contributed by atoms with Crippen molar-refractivity contribution >= 4 is 82.1 Å². The maximum absolute atomic E-state index is 6.49. The average Bonchev–Trinajstić information content (AvgIpc) is 3.70. The number of para-hydroxylation sites is 2. The predicted molar refractivity (Wildman–Crippen MR) is 255 cm³/mol. The van der Waals surface area contributed by atoms with Crippen LogP contribution in [0.2, 0.25) is 0 Å². The lowest BCUT2D eigenvalue weighted by Crippen LogP contribution is -2.10. The summed E-state index contributed by atoms with van der Waals surface area (Å²) in [5.41, 5.74) is 12.0. The largest absolute Gasteiger partial charge is 0.456 e. The molecule has 0 fully saturated rings. The van der Waals surface area contributed by atoms with Crippen molar-refractivity contribution in [2.75, 3.05) is 4.90 Å². The highest BCUT2D eigenvalue weighted by molar-refractivity contribution is 6.16. The fourth-order valence-corrected chi connectivity index (χ4v) is 9.42. The Labute approximate surface area is 347 Å². The first-order chi connectivity index (χ1) is 29.7. The zero-order valence-electron chi connectivity index (χ0n) is 32.7. The average molecular weight is 764 g/mol. The Balaban J connectivity index is 1.06. The molecule has 1 aromatic heterocycles. The van der Waals surface area contributed by atoms with Crippen LogP contribution in [0.25, 0.3) is 98.4 Å². The summed E-state index contributed by atoms with van der Waals surface area (Å²) in [6.07, 6.45) is 0. The second-order valence-corrected chi connectivity index (χ2v) is 15.6. The predicted octanol–water partition coefficient (Wildman–Crippen LogP) is 16.7. The fourth-order valence-electron chi connectivity index (χ4n) is 9.42. The molecule has 11 aromatic carbocycles. The molecule has 12 aromatic rings. The summed E-state index contributed by atoms with van der Waals surface area (Å²) in [5, 5.41) is 12.3. The van der Waals surface area contributed by atoms with Crippen molar-refractivity contribution in [3.05, 3.63) is 224 Å². The van der Waals surface area contributed by atoms with Crippen LogP contribution in [0.1, 0.15) is 0 Å². The third-order valence-electron chi connectivity index (χ3n) is 12.2. The van der Waals surface area contributed by atoms with E-state index in [1.54, 1.807) is 0 Å². The molecule has 280 valence electrons. The van der Waals surface area contributed by atoms with E-state index in [-0.39, 0.29) is 0 Å². The third kappa shape index (κ3) is 5.57. The van der Waals surface area contributed by atoms with E-state index in [1.807, 2.05) is 12.1 Å². The first-order valence-electron chi connectivity index (χ1n) is 20.6. The van der Waals surface area contributed by atoms with Crippen molar-refractivity contribution in [3.63, 3.8) is 0 Å². The molecule has 0 amide bonds. The Hall–Kier alpha value is -7.94. The lowest BCUT2D eigenvalue weighted by Gasteiger charge is -2.27. The number of hydrogen-bond acceptors (Lipinski definition) is 2. The topological polar surface area (TPSA) is 16.4 Å². The molecule has 0 N–H and O–H groups in total. The quantitative estimate of drug-likeness (QED) is 0.157. The summed E-state index contributed by atoms with van der Waals surface area (Å²) in [6, 6.07) is 81.3. The van der Waals surface area contributed by atoms with Gasteiger partial charge in [-0.15, -0.1) is 0 Å². The van der Waals surface area contributed by atoms with Crippen LogP contribution in [-0.2, 0) is 0 Å². The van der Waals surface area contributed by atoms with E-state index in [2.05, 4.69) is 217 Å². The molecule has 60 heavy (non-hydrogen) atoms. The van der Waals surface area contributed by atoms with Gasteiger partial charge in [0, 0.05) is 27.8 Å². The molecule has 0 bridgehead atoms. The maximum Gasteiger partial charge on any atom is 0.136 e. The summed E-state index contributed by atoms with van der Waals surface area (Å²) in [6.45, 7) is 0. The third-order valence-corrected chi connectivity index (χ3v) is 12.2. The number of fused-ring (bicyclic) bond motifs is 9. The van der Waals surface area contributed by atoms with Gasteiger partial charge >= 0.3 is 0 Å². The molecule has 0 spiro atoms. The fraction of sp³-hybridized carbons (Fsp3) is 0. The van der Waals surface area contributed by atoms with Crippen molar-refractivity contribution in [2.45, 2.75) is 0 Å². The Morgan fingerprint density at radius 2 is 0.750 bits per heavy atom. The van der Waals surface area contributed by atoms with Gasteiger partial charge in [-0.25, -0.2) is 0 Å². The number of furan rings is 1. The van der Waals surface area contributed by atoms with E-state index in [0.29, 0.717) is 0 Å². The zero-order chi connectivity index (χ0) is 39.6. The number of anilines is 3. The van der Waals surface area contributed by atoms with Crippen LogP contribution in [0.4, 0.5) is 17.1 Å². The Morgan fingerprint density at radius 1 is 0.250 bits per heavy atom. The van der Waals surface area contributed by atoms with Crippen LogP contribution < -0.4 is 4.90 Å². The monoisotopic (exact) mass is 763 g/mol. The second-order valence-electron chi connectivity index (χ2n) is 15.6. The van der Waals surface area contributed by atoms with E-state index in [1.165, 1.54) is 65.3 Å². The van der Waals surface area contributed by atoms with Crippen molar-refractivity contribution in [2.24, 2.45) is 0 Å². The lowest BCUT2D eigenvalue weighted by molar-refractivity contribution is 0.669.